The van der Waals surface area contributed by atoms with Crippen LogP contribution in [0.2, 0.25) is 0 Å². The Labute approximate surface area is 179 Å². The van der Waals surface area contributed by atoms with Crippen molar-refractivity contribution < 1.29 is 4.79 Å². The van der Waals surface area contributed by atoms with E-state index in [0.29, 0.717) is 18.6 Å². The highest BCUT2D eigenvalue weighted by Gasteiger charge is 2.23. The molecule has 30 heavy (non-hydrogen) atoms. The van der Waals surface area contributed by atoms with Gasteiger partial charge in [-0.3, -0.25) is 14.4 Å². The van der Waals surface area contributed by atoms with Crippen LogP contribution < -0.4 is 5.32 Å². The Kier molecular flexibility index (Phi) is 6.48. The van der Waals surface area contributed by atoms with Gasteiger partial charge < -0.3 is 5.32 Å². The first-order valence-corrected chi connectivity index (χ1v) is 11.2. The van der Waals surface area contributed by atoms with Crippen LogP contribution in [0.5, 0.6) is 0 Å². The third-order valence-electron chi connectivity index (χ3n) is 6.29. The molecule has 3 aromatic rings. The Morgan fingerprint density at radius 1 is 1.03 bits per heavy atom. The lowest BCUT2D eigenvalue weighted by Gasteiger charge is -2.39. The van der Waals surface area contributed by atoms with Crippen LogP contribution in [0.3, 0.4) is 0 Å². The van der Waals surface area contributed by atoms with Gasteiger partial charge in [-0.05, 0) is 39.2 Å². The van der Waals surface area contributed by atoms with E-state index in [1.165, 1.54) is 19.3 Å². The summed E-state index contributed by atoms with van der Waals surface area (Å²) in [4.78, 5) is 15.2. The van der Waals surface area contributed by atoms with E-state index in [9.17, 15) is 4.79 Å². The SMILES string of the molecule is C[C@H]1CCC[C@H](C)N1CCCNC(=O)Cn1nc(-c2ccccc2)c2ccccc21. The minimum absolute atomic E-state index is 0.0163. The van der Waals surface area contributed by atoms with Crippen LogP contribution in [0.4, 0.5) is 0 Å². The Morgan fingerprint density at radius 2 is 1.73 bits per heavy atom. The largest absolute Gasteiger partial charge is 0.354 e. The summed E-state index contributed by atoms with van der Waals surface area (Å²) in [5, 5.41) is 8.93. The standard InChI is InChI=1S/C25H32N4O/c1-19-10-8-11-20(2)28(19)17-9-16-26-24(30)18-29-23-15-7-6-14-22(23)25(27-29)21-12-4-3-5-13-21/h3-7,12-15,19-20H,8-11,16-18H2,1-2H3,(H,26,30)/t19-,20-/m0/s1. The maximum absolute atomic E-state index is 12.6. The summed E-state index contributed by atoms with van der Waals surface area (Å²) in [6.07, 6.45) is 4.88. The number of likely N-dealkylation sites (tertiary alicyclic amines) is 1. The molecule has 1 saturated heterocycles. The van der Waals surface area contributed by atoms with Gasteiger partial charge in [-0.15, -0.1) is 0 Å². The van der Waals surface area contributed by atoms with E-state index >= 15 is 0 Å². The second-order valence-electron chi connectivity index (χ2n) is 8.46. The summed E-state index contributed by atoms with van der Waals surface area (Å²) in [5.74, 6) is 0.0163. The summed E-state index contributed by atoms with van der Waals surface area (Å²) in [5.41, 5.74) is 2.98. The average Bonchev–Trinajstić information content (AvgIpc) is 3.12. The van der Waals surface area contributed by atoms with Gasteiger partial charge in [0.1, 0.15) is 12.2 Å². The summed E-state index contributed by atoms with van der Waals surface area (Å²) in [6.45, 7) is 6.64. The number of piperidine rings is 1. The zero-order chi connectivity index (χ0) is 20.9. The lowest BCUT2D eigenvalue weighted by atomic mass is 9.97. The molecule has 2 atom stereocenters. The third-order valence-corrected chi connectivity index (χ3v) is 6.29. The van der Waals surface area contributed by atoms with E-state index in [2.05, 4.69) is 42.3 Å². The van der Waals surface area contributed by atoms with Gasteiger partial charge in [0.15, 0.2) is 0 Å². The van der Waals surface area contributed by atoms with Crippen LogP contribution in [0.15, 0.2) is 54.6 Å². The van der Waals surface area contributed by atoms with Crippen molar-refractivity contribution in [3.8, 4) is 11.3 Å². The third kappa shape index (κ3) is 4.57. The van der Waals surface area contributed by atoms with Crippen molar-refractivity contribution in [2.45, 2.75) is 58.2 Å². The molecule has 1 aliphatic rings. The van der Waals surface area contributed by atoms with Gasteiger partial charge in [-0.2, -0.15) is 5.10 Å². The first-order valence-electron chi connectivity index (χ1n) is 11.2. The van der Waals surface area contributed by atoms with Crippen LogP contribution >= 0.6 is 0 Å². The van der Waals surface area contributed by atoms with Gasteiger partial charge >= 0.3 is 0 Å². The number of para-hydroxylation sites is 1. The molecule has 2 aromatic carbocycles. The number of hydrogen-bond acceptors (Lipinski definition) is 3. The molecule has 158 valence electrons. The molecule has 0 unspecified atom stereocenters. The maximum atomic E-state index is 12.6. The number of nitrogens with zero attached hydrogens (tertiary/aromatic N) is 3. The fraction of sp³-hybridized carbons (Fsp3) is 0.440. The number of rotatable bonds is 7. The number of carbonyl (C=O) groups excluding carboxylic acids is 1. The summed E-state index contributed by atoms with van der Waals surface area (Å²) < 4.78 is 1.82. The highest BCUT2D eigenvalue weighted by Crippen LogP contribution is 2.27. The molecule has 1 aliphatic heterocycles. The van der Waals surface area contributed by atoms with E-state index in [0.717, 1.165) is 35.1 Å². The summed E-state index contributed by atoms with van der Waals surface area (Å²) in [6, 6.07) is 19.6. The van der Waals surface area contributed by atoms with Crippen molar-refractivity contribution >= 4 is 16.8 Å². The molecule has 2 heterocycles. The van der Waals surface area contributed by atoms with Gasteiger partial charge in [-0.1, -0.05) is 55.0 Å². The number of aromatic nitrogens is 2. The monoisotopic (exact) mass is 404 g/mol. The normalized spacial score (nSPS) is 19.8. The van der Waals surface area contributed by atoms with Gasteiger partial charge in [-0.25, -0.2) is 0 Å². The molecule has 1 amide bonds. The van der Waals surface area contributed by atoms with E-state index < -0.39 is 0 Å². The average molecular weight is 405 g/mol. The lowest BCUT2D eigenvalue weighted by molar-refractivity contribution is -0.121. The maximum Gasteiger partial charge on any atom is 0.241 e. The topological polar surface area (TPSA) is 50.2 Å². The molecule has 5 nitrogen and oxygen atoms in total. The fourth-order valence-electron chi connectivity index (χ4n) is 4.65. The Hall–Kier alpha value is -2.66. The minimum Gasteiger partial charge on any atom is -0.354 e. The molecule has 1 aromatic heterocycles. The number of amides is 1. The second kappa shape index (κ2) is 9.43. The quantitative estimate of drug-likeness (QED) is 0.591. The zero-order valence-corrected chi connectivity index (χ0v) is 18.1. The van der Waals surface area contributed by atoms with Gasteiger partial charge in [0, 0.05) is 36.1 Å². The number of nitrogens with one attached hydrogen (secondary N) is 1. The summed E-state index contributed by atoms with van der Waals surface area (Å²) >= 11 is 0. The Bertz CT molecular complexity index is 971. The molecule has 0 saturated carbocycles. The molecule has 4 rings (SSSR count). The number of carbonyl (C=O) groups is 1. The smallest absolute Gasteiger partial charge is 0.241 e. The highest BCUT2D eigenvalue weighted by molar-refractivity contribution is 5.94. The van der Waals surface area contributed by atoms with Gasteiger partial charge in [0.2, 0.25) is 5.91 Å². The fourth-order valence-corrected chi connectivity index (χ4v) is 4.65. The predicted octanol–water partition coefficient (Wildman–Crippen LogP) is 4.47. The van der Waals surface area contributed by atoms with Crippen LogP contribution in [-0.2, 0) is 11.3 Å². The van der Waals surface area contributed by atoms with Crippen molar-refractivity contribution in [1.82, 2.24) is 20.0 Å². The molecule has 0 spiro atoms. The first kappa shape index (κ1) is 20.6. The zero-order valence-electron chi connectivity index (χ0n) is 18.1. The molecule has 1 N–H and O–H groups in total. The predicted molar refractivity (Wildman–Crippen MR) is 122 cm³/mol. The highest BCUT2D eigenvalue weighted by atomic mass is 16.2. The molecule has 0 bridgehead atoms. The molecular weight excluding hydrogens is 372 g/mol. The Balaban J connectivity index is 1.37. The Morgan fingerprint density at radius 3 is 2.50 bits per heavy atom. The molecule has 1 fully saturated rings. The second-order valence-corrected chi connectivity index (χ2v) is 8.46. The van der Waals surface area contributed by atoms with Crippen LogP contribution in [0, 0.1) is 0 Å². The molecule has 0 aliphatic carbocycles. The molecule has 0 radical (unpaired) electrons. The van der Waals surface area contributed by atoms with Gasteiger partial charge in [0.25, 0.3) is 0 Å². The van der Waals surface area contributed by atoms with Crippen molar-refractivity contribution in [1.29, 1.82) is 0 Å². The van der Waals surface area contributed by atoms with Crippen LogP contribution in [-0.4, -0.2) is 45.8 Å². The van der Waals surface area contributed by atoms with Crippen molar-refractivity contribution in [3.05, 3.63) is 54.6 Å². The molecular formula is C25H32N4O. The number of hydrogen-bond donors (Lipinski definition) is 1. The minimum atomic E-state index is 0.0163. The summed E-state index contributed by atoms with van der Waals surface area (Å²) in [7, 11) is 0. The van der Waals surface area contributed by atoms with E-state index in [4.69, 9.17) is 5.10 Å². The van der Waals surface area contributed by atoms with E-state index in [1.54, 1.807) is 0 Å². The number of benzene rings is 2. The molecule has 5 heteroatoms. The van der Waals surface area contributed by atoms with Gasteiger partial charge in [0.05, 0.1) is 5.52 Å². The lowest BCUT2D eigenvalue weighted by Crippen LogP contribution is -2.44. The van der Waals surface area contributed by atoms with Crippen LogP contribution in [0.25, 0.3) is 22.2 Å². The van der Waals surface area contributed by atoms with Crippen LogP contribution in [0.1, 0.15) is 39.5 Å². The van der Waals surface area contributed by atoms with Crippen molar-refractivity contribution in [2.75, 3.05) is 13.1 Å². The van der Waals surface area contributed by atoms with E-state index in [1.807, 2.05) is 41.1 Å². The van der Waals surface area contributed by atoms with E-state index in [-0.39, 0.29) is 12.5 Å². The number of fused-ring (bicyclic) bond motifs is 1. The van der Waals surface area contributed by atoms with Crippen molar-refractivity contribution in [3.63, 3.8) is 0 Å². The first-order chi connectivity index (χ1) is 14.6. The van der Waals surface area contributed by atoms with Crippen molar-refractivity contribution in [2.24, 2.45) is 0 Å².